The molecule has 0 atom stereocenters. The van der Waals surface area contributed by atoms with Crippen molar-refractivity contribution in [3.05, 3.63) is 71.6 Å². The number of aryl methyl sites for hydroxylation is 1. The number of benzene rings is 2. The van der Waals surface area contributed by atoms with Crippen molar-refractivity contribution in [3.63, 3.8) is 0 Å². The number of hydrogen-bond acceptors (Lipinski definition) is 4. The molecule has 1 aromatic heterocycles. The average molecular weight is 363 g/mol. The van der Waals surface area contributed by atoms with E-state index in [2.05, 4.69) is 17.1 Å². The van der Waals surface area contributed by atoms with E-state index >= 15 is 0 Å². The van der Waals surface area contributed by atoms with E-state index < -0.39 is 0 Å². The van der Waals surface area contributed by atoms with E-state index in [1.807, 2.05) is 66.4 Å². The van der Waals surface area contributed by atoms with Crippen LogP contribution in [-0.4, -0.2) is 34.0 Å². The number of rotatable bonds is 8. The first-order valence-electron chi connectivity index (χ1n) is 9.41. The number of unbranched alkanes of at least 4 members (excludes halogenated alkanes) is 1. The number of hydrogen-bond donors (Lipinski definition) is 0. The Morgan fingerprint density at radius 2 is 1.78 bits per heavy atom. The first-order valence-corrected chi connectivity index (χ1v) is 9.41. The van der Waals surface area contributed by atoms with Gasteiger partial charge in [0.2, 0.25) is 11.7 Å². The molecule has 0 saturated carbocycles. The zero-order valence-electron chi connectivity index (χ0n) is 15.9. The Hall–Kier alpha value is -2.95. The summed E-state index contributed by atoms with van der Waals surface area (Å²) >= 11 is 0. The third-order valence-corrected chi connectivity index (χ3v) is 4.46. The summed E-state index contributed by atoms with van der Waals surface area (Å²) in [6.45, 7) is 5.42. The quantitative estimate of drug-likeness (QED) is 0.590. The fraction of sp³-hybridized carbons (Fsp3) is 0.318. The molecule has 0 N–H and O–H groups in total. The molecule has 0 bridgehead atoms. The molecule has 0 fully saturated rings. The van der Waals surface area contributed by atoms with Crippen molar-refractivity contribution in [2.45, 2.75) is 33.1 Å². The molecule has 1 heterocycles. The average Bonchev–Trinajstić information content (AvgIpc) is 3.18. The van der Waals surface area contributed by atoms with Crippen LogP contribution in [0.25, 0.3) is 11.4 Å². The number of aromatic nitrogens is 2. The molecular formula is C22H25N3O2. The Labute approximate surface area is 160 Å². The van der Waals surface area contributed by atoms with Crippen LogP contribution >= 0.6 is 0 Å². The number of nitrogens with zero attached hydrogens (tertiary/aromatic N) is 3. The molecule has 2 aromatic carbocycles. The SMILES string of the molecule is CCCCN(CCc1nc(-c2ccccc2)no1)C(=O)c1ccc(C)cc1. The first-order chi connectivity index (χ1) is 13.2. The van der Waals surface area contributed by atoms with E-state index in [0.717, 1.165) is 30.5 Å². The fourth-order valence-corrected chi connectivity index (χ4v) is 2.83. The molecule has 0 aliphatic carbocycles. The molecule has 0 saturated heterocycles. The summed E-state index contributed by atoms with van der Waals surface area (Å²) in [6, 6.07) is 17.4. The Morgan fingerprint density at radius 1 is 1.04 bits per heavy atom. The first kappa shape index (κ1) is 18.8. The highest BCUT2D eigenvalue weighted by atomic mass is 16.5. The van der Waals surface area contributed by atoms with E-state index in [4.69, 9.17) is 4.52 Å². The van der Waals surface area contributed by atoms with Gasteiger partial charge in [-0.15, -0.1) is 0 Å². The smallest absolute Gasteiger partial charge is 0.253 e. The summed E-state index contributed by atoms with van der Waals surface area (Å²) in [5.41, 5.74) is 2.78. The highest BCUT2D eigenvalue weighted by molar-refractivity contribution is 5.94. The van der Waals surface area contributed by atoms with Gasteiger partial charge in [-0.2, -0.15) is 4.98 Å². The molecule has 0 radical (unpaired) electrons. The molecule has 0 aliphatic rings. The lowest BCUT2D eigenvalue weighted by atomic mass is 10.1. The molecule has 0 aliphatic heterocycles. The molecule has 0 unspecified atom stereocenters. The van der Waals surface area contributed by atoms with Crippen molar-refractivity contribution in [2.24, 2.45) is 0 Å². The monoisotopic (exact) mass is 363 g/mol. The predicted octanol–water partition coefficient (Wildman–Crippen LogP) is 4.53. The van der Waals surface area contributed by atoms with Gasteiger partial charge in [0.25, 0.3) is 5.91 Å². The third-order valence-electron chi connectivity index (χ3n) is 4.46. The molecule has 27 heavy (non-hydrogen) atoms. The van der Waals surface area contributed by atoms with E-state index in [9.17, 15) is 4.79 Å². The van der Waals surface area contributed by atoms with Crippen LogP contribution in [-0.2, 0) is 6.42 Å². The van der Waals surface area contributed by atoms with Gasteiger partial charge < -0.3 is 9.42 Å². The van der Waals surface area contributed by atoms with Crippen LogP contribution in [0.3, 0.4) is 0 Å². The maximum atomic E-state index is 12.9. The Balaban J connectivity index is 1.67. The predicted molar refractivity (Wildman–Crippen MR) is 105 cm³/mol. The van der Waals surface area contributed by atoms with E-state index in [0.29, 0.717) is 30.2 Å². The Bertz CT molecular complexity index is 857. The minimum atomic E-state index is 0.0475. The zero-order valence-corrected chi connectivity index (χ0v) is 15.9. The van der Waals surface area contributed by atoms with Gasteiger partial charge in [0.1, 0.15) is 0 Å². The maximum Gasteiger partial charge on any atom is 0.253 e. The Kier molecular flexibility index (Phi) is 6.36. The molecule has 140 valence electrons. The van der Waals surface area contributed by atoms with Gasteiger partial charge in [0.15, 0.2) is 0 Å². The van der Waals surface area contributed by atoms with Gasteiger partial charge in [0, 0.05) is 30.6 Å². The molecular weight excluding hydrogens is 338 g/mol. The van der Waals surface area contributed by atoms with E-state index in [-0.39, 0.29) is 5.91 Å². The zero-order chi connectivity index (χ0) is 19.1. The summed E-state index contributed by atoms with van der Waals surface area (Å²) in [4.78, 5) is 19.2. The second-order valence-corrected chi connectivity index (χ2v) is 6.64. The van der Waals surface area contributed by atoms with Gasteiger partial charge in [-0.05, 0) is 25.5 Å². The normalized spacial score (nSPS) is 10.7. The summed E-state index contributed by atoms with van der Waals surface area (Å²) in [5.74, 6) is 1.17. The Morgan fingerprint density at radius 3 is 2.48 bits per heavy atom. The van der Waals surface area contributed by atoms with Crippen LogP contribution < -0.4 is 0 Å². The summed E-state index contributed by atoms with van der Waals surface area (Å²) in [7, 11) is 0. The van der Waals surface area contributed by atoms with Gasteiger partial charge in [-0.25, -0.2) is 0 Å². The molecule has 5 nitrogen and oxygen atoms in total. The van der Waals surface area contributed by atoms with Crippen LogP contribution in [0.2, 0.25) is 0 Å². The van der Waals surface area contributed by atoms with Crippen molar-refractivity contribution < 1.29 is 9.32 Å². The van der Waals surface area contributed by atoms with Crippen LogP contribution in [0, 0.1) is 6.92 Å². The topological polar surface area (TPSA) is 59.2 Å². The van der Waals surface area contributed by atoms with Gasteiger partial charge in [-0.3, -0.25) is 4.79 Å². The minimum Gasteiger partial charge on any atom is -0.339 e. The fourth-order valence-electron chi connectivity index (χ4n) is 2.83. The lowest BCUT2D eigenvalue weighted by molar-refractivity contribution is 0.0752. The minimum absolute atomic E-state index is 0.0475. The summed E-state index contributed by atoms with van der Waals surface area (Å²) < 4.78 is 5.38. The molecule has 0 spiro atoms. The van der Waals surface area contributed by atoms with Crippen molar-refractivity contribution in [1.82, 2.24) is 15.0 Å². The van der Waals surface area contributed by atoms with Crippen molar-refractivity contribution in [1.29, 1.82) is 0 Å². The van der Waals surface area contributed by atoms with Crippen molar-refractivity contribution in [3.8, 4) is 11.4 Å². The number of carbonyl (C=O) groups excluding carboxylic acids is 1. The van der Waals surface area contributed by atoms with Gasteiger partial charge >= 0.3 is 0 Å². The lowest BCUT2D eigenvalue weighted by Gasteiger charge is -2.22. The van der Waals surface area contributed by atoms with Crippen LogP contribution in [0.15, 0.2) is 59.1 Å². The third kappa shape index (κ3) is 5.03. The van der Waals surface area contributed by atoms with Gasteiger partial charge in [-0.1, -0.05) is 66.5 Å². The summed E-state index contributed by atoms with van der Waals surface area (Å²) in [6.07, 6.45) is 2.55. The second-order valence-electron chi connectivity index (χ2n) is 6.64. The summed E-state index contributed by atoms with van der Waals surface area (Å²) in [5, 5.41) is 4.05. The van der Waals surface area contributed by atoms with Crippen LogP contribution in [0.4, 0.5) is 0 Å². The largest absolute Gasteiger partial charge is 0.339 e. The number of carbonyl (C=O) groups is 1. The molecule has 3 aromatic rings. The van der Waals surface area contributed by atoms with Crippen molar-refractivity contribution >= 4 is 5.91 Å². The highest BCUT2D eigenvalue weighted by Gasteiger charge is 2.17. The molecule has 3 rings (SSSR count). The lowest BCUT2D eigenvalue weighted by Crippen LogP contribution is -2.34. The highest BCUT2D eigenvalue weighted by Crippen LogP contribution is 2.15. The van der Waals surface area contributed by atoms with E-state index in [1.54, 1.807) is 0 Å². The molecule has 5 heteroatoms. The second kappa shape index (κ2) is 9.12. The van der Waals surface area contributed by atoms with Gasteiger partial charge in [0.05, 0.1) is 0 Å². The van der Waals surface area contributed by atoms with Crippen molar-refractivity contribution in [2.75, 3.05) is 13.1 Å². The van der Waals surface area contributed by atoms with Crippen LogP contribution in [0.1, 0.15) is 41.6 Å². The number of amides is 1. The van der Waals surface area contributed by atoms with Crippen LogP contribution in [0.5, 0.6) is 0 Å². The van der Waals surface area contributed by atoms with E-state index in [1.165, 1.54) is 0 Å². The molecule has 1 amide bonds. The maximum absolute atomic E-state index is 12.9. The standard InChI is InChI=1S/C22H25N3O2/c1-3-4-15-25(22(26)19-12-10-17(2)11-13-19)16-14-20-23-21(24-27-20)18-8-6-5-7-9-18/h5-13H,3-4,14-16H2,1-2H3.